The second-order valence-electron chi connectivity index (χ2n) is 1.03. The molecule has 0 aliphatic rings. The van der Waals surface area contributed by atoms with Gasteiger partial charge in [0.2, 0.25) is 0 Å². The standard InChI is InChI=1S/C4H8NO/c1-3-4(2)5-6/h3,6H,1-2H3. The first-order valence-corrected chi connectivity index (χ1v) is 1.79. The summed E-state index contributed by atoms with van der Waals surface area (Å²) in [5, 5.41) is 10.8. The van der Waals surface area contributed by atoms with Gasteiger partial charge >= 0.3 is 0 Å². The molecule has 0 aliphatic heterocycles. The molecular weight excluding hydrogens is 78.0 g/mol. The average molecular weight is 86.1 g/mol. The molecule has 0 atom stereocenters. The zero-order valence-electron chi connectivity index (χ0n) is 3.97. The quantitative estimate of drug-likeness (QED) is 0.289. The summed E-state index contributed by atoms with van der Waals surface area (Å²) in [5.41, 5.74) is 0.648. The van der Waals surface area contributed by atoms with Crippen molar-refractivity contribution in [1.82, 2.24) is 0 Å². The van der Waals surface area contributed by atoms with Crippen molar-refractivity contribution in [2.45, 2.75) is 13.8 Å². The molecule has 35 valence electrons. The van der Waals surface area contributed by atoms with Gasteiger partial charge in [0.1, 0.15) is 0 Å². The van der Waals surface area contributed by atoms with E-state index in [2.05, 4.69) is 5.16 Å². The van der Waals surface area contributed by atoms with Crippen LogP contribution in [0.25, 0.3) is 0 Å². The third kappa shape index (κ3) is 1.76. The first kappa shape index (κ1) is 5.47. The average Bonchev–Trinajstić information content (AvgIpc) is 1.65. The molecule has 0 saturated carbocycles. The molecule has 0 aliphatic carbocycles. The van der Waals surface area contributed by atoms with Gasteiger partial charge in [-0.25, -0.2) is 0 Å². The van der Waals surface area contributed by atoms with Crippen molar-refractivity contribution < 1.29 is 5.21 Å². The lowest BCUT2D eigenvalue weighted by molar-refractivity contribution is 0.319. The van der Waals surface area contributed by atoms with Crippen molar-refractivity contribution in [3.63, 3.8) is 0 Å². The predicted molar refractivity (Wildman–Crippen MR) is 24.9 cm³/mol. The molecule has 0 unspecified atom stereocenters. The maximum absolute atomic E-state index is 7.89. The van der Waals surface area contributed by atoms with Crippen molar-refractivity contribution in [1.29, 1.82) is 0 Å². The molecule has 2 heteroatoms. The molecule has 6 heavy (non-hydrogen) atoms. The smallest absolute Gasteiger partial charge is 0.0574 e. The monoisotopic (exact) mass is 86.1 g/mol. The highest BCUT2D eigenvalue weighted by Crippen LogP contribution is 1.76. The number of nitrogens with zero attached hydrogens (tertiary/aromatic N) is 1. The second kappa shape index (κ2) is 2.69. The maximum atomic E-state index is 7.89. The molecular formula is C4H8NO. The topological polar surface area (TPSA) is 32.6 Å². The van der Waals surface area contributed by atoms with Crippen molar-refractivity contribution in [3.8, 4) is 0 Å². The summed E-state index contributed by atoms with van der Waals surface area (Å²) in [5.74, 6) is 0. The van der Waals surface area contributed by atoms with Gasteiger partial charge in [-0.15, -0.1) is 0 Å². The van der Waals surface area contributed by atoms with Crippen LogP contribution in [-0.2, 0) is 0 Å². The van der Waals surface area contributed by atoms with Crippen molar-refractivity contribution >= 4 is 5.71 Å². The van der Waals surface area contributed by atoms with E-state index in [0.717, 1.165) is 0 Å². The van der Waals surface area contributed by atoms with Crippen LogP contribution < -0.4 is 0 Å². The molecule has 2 nitrogen and oxygen atoms in total. The molecule has 1 N–H and O–H groups in total. The second-order valence-corrected chi connectivity index (χ2v) is 1.03. The predicted octanol–water partition coefficient (Wildman–Crippen LogP) is 1.06. The van der Waals surface area contributed by atoms with Gasteiger partial charge in [-0.3, -0.25) is 0 Å². The van der Waals surface area contributed by atoms with E-state index < -0.39 is 0 Å². The number of hydrogen-bond donors (Lipinski definition) is 1. The van der Waals surface area contributed by atoms with E-state index in [-0.39, 0.29) is 0 Å². The molecule has 0 fully saturated rings. The zero-order valence-corrected chi connectivity index (χ0v) is 3.97. The first-order chi connectivity index (χ1) is 2.81. The molecule has 0 aromatic heterocycles. The van der Waals surface area contributed by atoms with Crippen LogP contribution in [0.2, 0.25) is 0 Å². The van der Waals surface area contributed by atoms with Crippen molar-refractivity contribution in [2.24, 2.45) is 5.16 Å². The van der Waals surface area contributed by atoms with E-state index in [9.17, 15) is 0 Å². The lowest BCUT2D eigenvalue weighted by Gasteiger charge is -1.81. The Bertz CT molecular complexity index is 58.6. The summed E-state index contributed by atoms with van der Waals surface area (Å²) < 4.78 is 0. The van der Waals surface area contributed by atoms with Crippen LogP contribution in [0, 0.1) is 6.42 Å². The highest BCUT2D eigenvalue weighted by atomic mass is 16.4. The molecule has 0 aromatic carbocycles. The fourth-order valence-corrected chi connectivity index (χ4v) is 0.0577. The molecule has 0 amide bonds. The van der Waals surface area contributed by atoms with E-state index in [1.807, 2.05) is 6.92 Å². The fraction of sp³-hybridized carbons (Fsp3) is 0.500. The summed E-state index contributed by atoms with van der Waals surface area (Å²) in [4.78, 5) is 0. The maximum Gasteiger partial charge on any atom is 0.0574 e. The van der Waals surface area contributed by atoms with E-state index in [4.69, 9.17) is 5.21 Å². The third-order valence-electron chi connectivity index (χ3n) is 0.576. The Kier molecular flexibility index (Phi) is 2.46. The van der Waals surface area contributed by atoms with Gasteiger partial charge in [-0.2, -0.15) is 0 Å². The minimum absolute atomic E-state index is 0.648. The number of hydrogen-bond acceptors (Lipinski definition) is 2. The summed E-state index contributed by atoms with van der Waals surface area (Å²) in [6.45, 7) is 3.54. The van der Waals surface area contributed by atoms with Gasteiger partial charge in [-0.05, 0) is 6.92 Å². The molecule has 1 radical (unpaired) electrons. The van der Waals surface area contributed by atoms with Crippen LogP contribution in [0.5, 0.6) is 0 Å². The Morgan fingerprint density at radius 3 is 2.33 bits per heavy atom. The summed E-state index contributed by atoms with van der Waals surface area (Å²) in [6.07, 6.45) is 1.72. The molecule has 0 heterocycles. The normalized spacial score (nSPS) is 12.0. The van der Waals surface area contributed by atoms with Gasteiger partial charge in [0.05, 0.1) is 5.71 Å². The van der Waals surface area contributed by atoms with Crippen LogP contribution in [0.3, 0.4) is 0 Å². The Morgan fingerprint density at radius 1 is 1.83 bits per heavy atom. The van der Waals surface area contributed by atoms with E-state index in [1.165, 1.54) is 0 Å². The van der Waals surface area contributed by atoms with E-state index in [0.29, 0.717) is 5.71 Å². The molecule has 0 spiro atoms. The van der Waals surface area contributed by atoms with Crippen LogP contribution in [0.15, 0.2) is 5.16 Å². The fourth-order valence-electron chi connectivity index (χ4n) is 0.0577. The van der Waals surface area contributed by atoms with Crippen LogP contribution >= 0.6 is 0 Å². The van der Waals surface area contributed by atoms with E-state index in [1.54, 1.807) is 13.3 Å². The zero-order chi connectivity index (χ0) is 4.99. The Morgan fingerprint density at radius 2 is 2.33 bits per heavy atom. The lowest BCUT2D eigenvalue weighted by Crippen LogP contribution is -1.84. The Hall–Kier alpha value is -0.530. The first-order valence-electron chi connectivity index (χ1n) is 1.79. The summed E-state index contributed by atoms with van der Waals surface area (Å²) >= 11 is 0. The Labute approximate surface area is 37.5 Å². The van der Waals surface area contributed by atoms with Gasteiger partial charge in [0.15, 0.2) is 0 Å². The van der Waals surface area contributed by atoms with Gasteiger partial charge in [0.25, 0.3) is 0 Å². The SMILES string of the molecule is C[CH]C(C)=NO. The van der Waals surface area contributed by atoms with Crippen LogP contribution in [0.4, 0.5) is 0 Å². The molecule has 0 aromatic rings. The number of rotatable bonds is 1. The molecule has 0 saturated heterocycles. The molecule has 0 bridgehead atoms. The highest BCUT2D eigenvalue weighted by Gasteiger charge is 1.78. The highest BCUT2D eigenvalue weighted by molar-refractivity contribution is 5.88. The number of oxime groups is 1. The van der Waals surface area contributed by atoms with Crippen LogP contribution in [0.1, 0.15) is 13.8 Å². The lowest BCUT2D eigenvalue weighted by atomic mass is 10.3. The largest absolute Gasteiger partial charge is 0.411 e. The summed E-state index contributed by atoms with van der Waals surface area (Å²) in [7, 11) is 0. The van der Waals surface area contributed by atoms with Crippen molar-refractivity contribution in [2.75, 3.05) is 0 Å². The van der Waals surface area contributed by atoms with Crippen LogP contribution in [-0.4, -0.2) is 10.9 Å². The van der Waals surface area contributed by atoms with Gasteiger partial charge in [0, 0.05) is 6.42 Å². The summed E-state index contributed by atoms with van der Waals surface area (Å²) in [6, 6.07) is 0. The third-order valence-corrected chi connectivity index (χ3v) is 0.576. The Balaban J connectivity index is 3.22. The van der Waals surface area contributed by atoms with E-state index >= 15 is 0 Å². The van der Waals surface area contributed by atoms with Gasteiger partial charge < -0.3 is 5.21 Å². The van der Waals surface area contributed by atoms with Gasteiger partial charge in [-0.1, -0.05) is 12.1 Å². The minimum Gasteiger partial charge on any atom is -0.411 e. The van der Waals surface area contributed by atoms with Crippen molar-refractivity contribution in [3.05, 3.63) is 6.42 Å². The minimum atomic E-state index is 0.648. The molecule has 0 rings (SSSR count).